The topological polar surface area (TPSA) is 78.1 Å². The predicted molar refractivity (Wildman–Crippen MR) is 121 cm³/mol. The average Bonchev–Trinajstić information content (AvgIpc) is 2.79. The minimum absolute atomic E-state index is 0.0470. The van der Waals surface area contributed by atoms with E-state index in [9.17, 15) is 9.59 Å². The van der Waals surface area contributed by atoms with Gasteiger partial charge >= 0.3 is 0 Å². The van der Waals surface area contributed by atoms with Crippen LogP contribution in [-0.4, -0.2) is 34.4 Å². The van der Waals surface area contributed by atoms with Crippen molar-refractivity contribution in [3.05, 3.63) is 99.2 Å². The van der Waals surface area contributed by atoms with Crippen molar-refractivity contribution in [2.75, 3.05) is 13.6 Å². The number of aryl methyl sites for hydroxylation is 1. The van der Waals surface area contributed by atoms with Crippen LogP contribution in [0.15, 0.2) is 65.6 Å². The van der Waals surface area contributed by atoms with Gasteiger partial charge in [-0.3, -0.25) is 14.6 Å². The molecule has 4 rings (SSSR count). The number of H-pyrrole nitrogens is 1. The van der Waals surface area contributed by atoms with E-state index >= 15 is 0 Å². The first-order valence-corrected chi connectivity index (χ1v) is 10.8. The molecule has 0 bridgehead atoms. The molecule has 0 unspecified atom stereocenters. The van der Waals surface area contributed by atoms with Crippen LogP contribution < -0.4 is 10.9 Å². The number of carbonyl (C=O) groups is 1. The smallest absolute Gasteiger partial charge is 0.261 e. The van der Waals surface area contributed by atoms with Crippen molar-refractivity contribution < 1.29 is 4.79 Å². The molecule has 160 valence electrons. The van der Waals surface area contributed by atoms with Crippen molar-refractivity contribution in [2.24, 2.45) is 0 Å². The molecule has 6 heteroatoms. The maximum Gasteiger partial charge on any atom is 0.261 e. The maximum atomic E-state index is 12.8. The predicted octanol–water partition coefficient (Wildman–Crippen LogP) is 3.25. The number of amides is 1. The highest BCUT2D eigenvalue weighted by Crippen LogP contribution is 2.29. The summed E-state index contributed by atoms with van der Waals surface area (Å²) in [5.74, 6) is -0.321. The van der Waals surface area contributed by atoms with Crippen LogP contribution in [0.4, 0.5) is 0 Å². The number of aromatic amines is 1. The van der Waals surface area contributed by atoms with Gasteiger partial charge in [-0.15, -0.1) is 0 Å². The molecular weight excluding hydrogens is 388 g/mol. The summed E-state index contributed by atoms with van der Waals surface area (Å²) in [6.45, 7) is 1.42. The summed E-state index contributed by atoms with van der Waals surface area (Å²) in [4.78, 5) is 34.7. The quantitative estimate of drug-likeness (QED) is 0.620. The third kappa shape index (κ3) is 5.27. The van der Waals surface area contributed by atoms with Crippen LogP contribution in [0.5, 0.6) is 0 Å². The first kappa shape index (κ1) is 21.0. The molecule has 2 heterocycles. The van der Waals surface area contributed by atoms with Crippen LogP contribution in [-0.2, 0) is 19.4 Å². The Morgan fingerprint density at radius 3 is 2.81 bits per heavy atom. The molecule has 1 aromatic carbocycles. The molecule has 3 aromatic rings. The van der Waals surface area contributed by atoms with E-state index in [4.69, 9.17) is 0 Å². The Hall–Kier alpha value is -3.25. The van der Waals surface area contributed by atoms with Crippen molar-refractivity contribution in [1.29, 1.82) is 0 Å². The summed E-state index contributed by atoms with van der Waals surface area (Å²) in [6.07, 6.45) is 5.58. The summed E-state index contributed by atoms with van der Waals surface area (Å²) in [6, 6.07) is 17.5. The van der Waals surface area contributed by atoms with E-state index in [1.54, 1.807) is 12.3 Å². The molecule has 6 nitrogen and oxygen atoms in total. The van der Waals surface area contributed by atoms with Gasteiger partial charge in [-0.2, -0.15) is 0 Å². The van der Waals surface area contributed by atoms with Crippen LogP contribution in [0, 0.1) is 0 Å². The Bertz CT molecular complexity index is 1090. The molecule has 0 spiro atoms. The second-order valence-corrected chi connectivity index (χ2v) is 8.15. The maximum absolute atomic E-state index is 12.8. The fraction of sp³-hybridized carbons (Fsp3) is 0.320. The van der Waals surface area contributed by atoms with E-state index in [1.807, 2.05) is 43.4 Å². The van der Waals surface area contributed by atoms with Gasteiger partial charge in [0.05, 0.1) is 6.04 Å². The molecule has 0 aliphatic heterocycles. The Balaban J connectivity index is 1.37. The molecule has 1 atom stereocenters. The van der Waals surface area contributed by atoms with E-state index in [0.717, 1.165) is 49.2 Å². The van der Waals surface area contributed by atoms with Gasteiger partial charge in [-0.1, -0.05) is 30.3 Å². The molecule has 2 N–H and O–H groups in total. The summed E-state index contributed by atoms with van der Waals surface area (Å²) < 4.78 is 0. The normalized spacial score (nSPS) is 15.5. The number of fused-ring (bicyclic) bond motifs is 1. The zero-order chi connectivity index (χ0) is 21.6. The lowest BCUT2D eigenvalue weighted by molar-refractivity contribution is 0.0931. The third-order valence-corrected chi connectivity index (χ3v) is 5.81. The van der Waals surface area contributed by atoms with E-state index < -0.39 is 0 Å². The average molecular weight is 417 g/mol. The van der Waals surface area contributed by atoms with E-state index in [-0.39, 0.29) is 23.1 Å². The number of nitrogens with one attached hydrogen (secondary N) is 2. The third-order valence-electron chi connectivity index (χ3n) is 5.81. The van der Waals surface area contributed by atoms with Gasteiger partial charge in [0.2, 0.25) is 0 Å². The van der Waals surface area contributed by atoms with Crippen LogP contribution >= 0.6 is 0 Å². The highest BCUT2D eigenvalue weighted by molar-refractivity contribution is 5.94. The van der Waals surface area contributed by atoms with Gasteiger partial charge in [-0.25, -0.2) is 0 Å². The SMILES string of the molecule is CN(CCc1ccccn1)Cc1ccc(C(=O)N[C@@H]2CCCc3ccccc32)c(=O)[nH]1. The fourth-order valence-electron chi connectivity index (χ4n) is 4.15. The second-order valence-electron chi connectivity index (χ2n) is 8.15. The number of likely N-dealkylation sites (N-methyl/N-ethyl adjacent to an activating group) is 1. The molecule has 1 aliphatic carbocycles. The zero-order valence-corrected chi connectivity index (χ0v) is 17.8. The summed E-state index contributed by atoms with van der Waals surface area (Å²) in [7, 11) is 2.00. The van der Waals surface area contributed by atoms with Crippen LogP contribution in [0.3, 0.4) is 0 Å². The lowest BCUT2D eigenvalue weighted by Gasteiger charge is -2.26. The Labute approximate surface area is 182 Å². The largest absolute Gasteiger partial charge is 0.345 e. The highest BCUT2D eigenvalue weighted by atomic mass is 16.2. The number of hydrogen-bond donors (Lipinski definition) is 2. The number of aromatic nitrogens is 2. The van der Waals surface area contributed by atoms with E-state index in [0.29, 0.717) is 6.54 Å². The van der Waals surface area contributed by atoms with Crippen molar-refractivity contribution in [1.82, 2.24) is 20.2 Å². The van der Waals surface area contributed by atoms with Crippen LogP contribution in [0.1, 0.15) is 51.8 Å². The van der Waals surface area contributed by atoms with E-state index in [2.05, 4.69) is 32.3 Å². The first-order valence-electron chi connectivity index (χ1n) is 10.8. The van der Waals surface area contributed by atoms with Crippen molar-refractivity contribution in [2.45, 2.75) is 38.3 Å². The molecule has 0 fully saturated rings. The monoisotopic (exact) mass is 416 g/mol. The zero-order valence-electron chi connectivity index (χ0n) is 17.8. The first-order chi connectivity index (χ1) is 15.1. The molecule has 1 aliphatic rings. The van der Waals surface area contributed by atoms with Gasteiger partial charge < -0.3 is 15.2 Å². The molecule has 0 radical (unpaired) electrons. The lowest BCUT2D eigenvalue weighted by Crippen LogP contribution is -2.34. The Morgan fingerprint density at radius 2 is 2.00 bits per heavy atom. The number of benzene rings is 1. The number of pyridine rings is 2. The standard InChI is InChI=1S/C25H28N4O2/c1-29(16-14-19-9-4-5-15-26-19)17-20-12-13-22(24(30)27-20)25(31)28-23-11-6-8-18-7-2-3-10-21(18)23/h2-5,7,9-10,12-13,15,23H,6,8,11,14,16-17H2,1H3,(H,27,30)(H,28,31)/t23-/m1/s1. The van der Waals surface area contributed by atoms with Gasteiger partial charge in [0.15, 0.2) is 0 Å². The van der Waals surface area contributed by atoms with Gasteiger partial charge in [0.1, 0.15) is 5.56 Å². The number of rotatable bonds is 7. The lowest BCUT2D eigenvalue weighted by atomic mass is 9.87. The van der Waals surface area contributed by atoms with Crippen LogP contribution in [0.2, 0.25) is 0 Å². The number of nitrogens with zero attached hydrogens (tertiary/aromatic N) is 2. The van der Waals surface area contributed by atoms with Crippen molar-refractivity contribution in [3.63, 3.8) is 0 Å². The van der Waals surface area contributed by atoms with Crippen molar-refractivity contribution in [3.8, 4) is 0 Å². The minimum Gasteiger partial charge on any atom is -0.345 e. The molecule has 2 aromatic heterocycles. The van der Waals surface area contributed by atoms with Gasteiger partial charge in [0, 0.05) is 37.1 Å². The fourth-order valence-corrected chi connectivity index (χ4v) is 4.15. The van der Waals surface area contributed by atoms with Gasteiger partial charge in [-0.05, 0) is 61.7 Å². The second kappa shape index (κ2) is 9.71. The van der Waals surface area contributed by atoms with Crippen LogP contribution in [0.25, 0.3) is 0 Å². The molecule has 31 heavy (non-hydrogen) atoms. The summed E-state index contributed by atoms with van der Waals surface area (Å²) in [5, 5.41) is 3.05. The molecule has 1 amide bonds. The van der Waals surface area contributed by atoms with Crippen molar-refractivity contribution >= 4 is 5.91 Å². The molecule has 0 saturated heterocycles. The number of carbonyl (C=O) groups excluding carboxylic acids is 1. The minimum atomic E-state index is -0.350. The Morgan fingerprint density at radius 1 is 1.16 bits per heavy atom. The summed E-state index contributed by atoms with van der Waals surface area (Å²) >= 11 is 0. The summed E-state index contributed by atoms with van der Waals surface area (Å²) in [5.41, 5.74) is 4.06. The van der Waals surface area contributed by atoms with Gasteiger partial charge in [0.25, 0.3) is 11.5 Å². The van der Waals surface area contributed by atoms with E-state index in [1.165, 1.54) is 5.56 Å². The number of hydrogen-bond acceptors (Lipinski definition) is 4. The Kier molecular flexibility index (Phi) is 6.57. The molecular formula is C25H28N4O2. The highest BCUT2D eigenvalue weighted by Gasteiger charge is 2.23. The molecule has 0 saturated carbocycles.